The van der Waals surface area contributed by atoms with Crippen LogP contribution in [-0.2, 0) is 11.3 Å². The molecule has 0 heterocycles. The molecule has 1 aliphatic carbocycles. The summed E-state index contributed by atoms with van der Waals surface area (Å²) in [7, 11) is 0. The molecule has 1 aromatic carbocycles. The molecule has 0 unspecified atom stereocenters. The zero-order chi connectivity index (χ0) is 13.7. The smallest absolute Gasteiger partial charge is 0.223 e. The fraction of sp³-hybridized carbons (Fsp3) is 0.562. The lowest BCUT2D eigenvalue weighted by atomic mass is 10.1. The molecule has 3 nitrogen and oxygen atoms in total. The van der Waals surface area contributed by atoms with Gasteiger partial charge in [-0.25, -0.2) is 0 Å². The Bertz CT molecular complexity index is 409. The highest BCUT2D eigenvalue weighted by atomic mass is 16.3. The first-order chi connectivity index (χ1) is 9.20. The number of carbonyl (C=O) groups is 1. The summed E-state index contributed by atoms with van der Waals surface area (Å²) >= 11 is 0. The van der Waals surface area contributed by atoms with Gasteiger partial charge in [-0.1, -0.05) is 29.8 Å². The fourth-order valence-electron chi connectivity index (χ4n) is 2.23. The van der Waals surface area contributed by atoms with E-state index in [2.05, 4.69) is 31.2 Å². The summed E-state index contributed by atoms with van der Waals surface area (Å²) in [4.78, 5) is 14.2. The van der Waals surface area contributed by atoms with Crippen LogP contribution in [0.4, 0.5) is 0 Å². The van der Waals surface area contributed by atoms with Crippen molar-refractivity contribution in [1.82, 2.24) is 4.90 Å². The van der Waals surface area contributed by atoms with Crippen molar-refractivity contribution in [1.29, 1.82) is 0 Å². The van der Waals surface area contributed by atoms with Gasteiger partial charge in [0, 0.05) is 25.6 Å². The molecule has 1 saturated carbocycles. The summed E-state index contributed by atoms with van der Waals surface area (Å²) in [6, 6.07) is 8.84. The molecule has 0 atom stereocenters. The van der Waals surface area contributed by atoms with Crippen molar-refractivity contribution >= 4 is 5.91 Å². The van der Waals surface area contributed by atoms with E-state index in [1.807, 2.05) is 4.90 Å². The minimum atomic E-state index is 0.175. The number of carbonyl (C=O) groups excluding carboxylic acids is 1. The van der Waals surface area contributed by atoms with Crippen LogP contribution in [0.25, 0.3) is 0 Å². The number of aliphatic hydroxyl groups excluding tert-OH is 1. The van der Waals surface area contributed by atoms with Crippen LogP contribution in [0.15, 0.2) is 24.3 Å². The Morgan fingerprint density at radius 2 is 1.95 bits per heavy atom. The Morgan fingerprint density at radius 3 is 2.53 bits per heavy atom. The maximum atomic E-state index is 12.2. The second kappa shape index (κ2) is 6.71. The summed E-state index contributed by atoms with van der Waals surface area (Å²) in [6.07, 6.45) is 4.33. The van der Waals surface area contributed by atoms with Gasteiger partial charge >= 0.3 is 0 Å². The lowest BCUT2D eigenvalue weighted by molar-refractivity contribution is -0.132. The molecule has 19 heavy (non-hydrogen) atoms. The fourth-order valence-corrected chi connectivity index (χ4v) is 2.23. The van der Waals surface area contributed by atoms with Crippen LogP contribution >= 0.6 is 0 Å². The Labute approximate surface area is 115 Å². The van der Waals surface area contributed by atoms with Gasteiger partial charge < -0.3 is 10.0 Å². The van der Waals surface area contributed by atoms with Crippen molar-refractivity contribution < 1.29 is 9.90 Å². The van der Waals surface area contributed by atoms with Crippen molar-refractivity contribution in [3.8, 4) is 0 Å². The van der Waals surface area contributed by atoms with Gasteiger partial charge in [0.05, 0.1) is 0 Å². The minimum Gasteiger partial charge on any atom is -0.396 e. The molecule has 0 aromatic heterocycles. The van der Waals surface area contributed by atoms with Crippen molar-refractivity contribution in [2.24, 2.45) is 0 Å². The second-order valence-electron chi connectivity index (χ2n) is 5.42. The third-order valence-corrected chi connectivity index (χ3v) is 3.58. The molecule has 1 amide bonds. The Kier molecular flexibility index (Phi) is 4.97. The van der Waals surface area contributed by atoms with Crippen LogP contribution in [0, 0.1) is 6.92 Å². The molecule has 1 aromatic rings. The first-order valence-electron chi connectivity index (χ1n) is 7.16. The van der Waals surface area contributed by atoms with Gasteiger partial charge in [-0.2, -0.15) is 0 Å². The van der Waals surface area contributed by atoms with Crippen LogP contribution in [0.5, 0.6) is 0 Å². The van der Waals surface area contributed by atoms with E-state index in [-0.39, 0.29) is 12.5 Å². The van der Waals surface area contributed by atoms with E-state index in [4.69, 9.17) is 5.11 Å². The maximum Gasteiger partial charge on any atom is 0.223 e. The van der Waals surface area contributed by atoms with Crippen LogP contribution in [-0.4, -0.2) is 28.6 Å². The highest BCUT2D eigenvalue weighted by Gasteiger charge is 2.31. The van der Waals surface area contributed by atoms with Gasteiger partial charge in [-0.3, -0.25) is 4.79 Å². The molecule has 0 spiro atoms. The average Bonchev–Trinajstić information content (AvgIpc) is 3.22. The number of unbranched alkanes of at least 4 members (excludes halogenated alkanes) is 1. The monoisotopic (exact) mass is 261 g/mol. The zero-order valence-corrected chi connectivity index (χ0v) is 11.6. The normalized spacial score (nSPS) is 14.4. The van der Waals surface area contributed by atoms with Crippen molar-refractivity contribution in [2.45, 2.75) is 51.6 Å². The van der Waals surface area contributed by atoms with E-state index in [9.17, 15) is 4.79 Å². The Morgan fingerprint density at radius 1 is 1.26 bits per heavy atom. The van der Waals surface area contributed by atoms with E-state index in [1.165, 1.54) is 11.1 Å². The van der Waals surface area contributed by atoms with Gasteiger partial charge in [0.15, 0.2) is 0 Å². The Balaban J connectivity index is 1.92. The summed E-state index contributed by atoms with van der Waals surface area (Å²) in [5.41, 5.74) is 2.45. The molecule has 0 aliphatic heterocycles. The predicted molar refractivity (Wildman–Crippen MR) is 75.7 cm³/mol. The van der Waals surface area contributed by atoms with Crippen molar-refractivity contribution in [2.75, 3.05) is 6.61 Å². The van der Waals surface area contributed by atoms with Crippen LogP contribution in [0.3, 0.4) is 0 Å². The molecule has 0 radical (unpaired) electrons. The number of aryl methyl sites for hydroxylation is 1. The molecule has 3 heteroatoms. The molecule has 2 rings (SSSR count). The quantitative estimate of drug-likeness (QED) is 0.767. The molecule has 0 bridgehead atoms. The van der Waals surface area contributed by atoms with Crippen LogP contribution < -0.4 is 0 Å². The predicted octanol–water partition coefficient (Wildman–Crippen LogP) is 2.65. The molecular weight excluding hydrogens is 238 g/mol. The number of nitrogens with zero attached hydrogens (tertiary/aromatic N) is 1. The molecule has 104 valence electrons. The van der Waals surface area contributed by atoms with E-state index < -0.39 is 0 Å². The third-order valence-electron chi connectivity index (χ3n) is 3.58. The van der Waals surface area contributed by atoms with Crippen LogP contribution in [0.2, 0.25) is 0 Å². The maximum absolute atomic E-state index is 12.2. The van der Waals surface area contributed by atoms with Gasteiger partial charge in [-0.15, -0.1) is 0 Å². The molecule has 1 aliphatic rings. The lowest BCUT2D eigenvalue weighted by Crippen LogP contribution is -2.32. The molecule has 0 saturated heterocycles. The standard InChI is InChI=1S/C16H23NO2/c1-13-5-7-14(8-6-13)12-17(15-9-10-15)16(19)4-2-3-11-18/h5-8,15,18H,2-4,9-12H2,1H3. The van der Waals surface area contributed by atoms with E-state index in [0.717, 1.165) is 32.2 Å². The SMILES string of the molecule is Cc1ccc(CN(C(=O)CCCCO)C2CC2)cc1. The largest absolute Gasteiger partial charge is 0.396 e. The summed E-state index contributed by atoms with van der Waals surface area (Å²) < 4.78 is 0. The van der Waals surface area contributed by atoms with Crippen LogP contribution in [0.1, 0.15) is 43.2 Å². The highest BCUT2D eigenvalue weighted by molar-refractivity contribution is 5.76. The van der Waals surface area contributed by atoms with Crippen molar-refractivity contribution in [3.63, 3.8) is 0 Å². The number of benzene rings is 1. The zero-order valence-electron chi connectivity index (χ0n) is 11.6. The molecule has 1 fully saturated rings. The number of rotatable bonds is 7. The lowest BCUT2D eigenvalue weighted by Gasteiger charge is -2.22. The van der Waals surface area contributed by atoms with Gasteiger partial charge in [0.2, 0.25) is 5.91 Å². The van der Waals surface area contributed by atoms with Crippen molar-refractivity contribution in [3.05, 3.63) is 35.4 Å². The highest BCUT2D eigenvalue weighted by Crippen LogP contribution is 2.29. The minimum absolute atomic E-state index is 0.175. The summed E-state index contributed by atoms with van der Waals surface area (Å²) in [5.74, 6) is 0.233. The first kappa shape index (κ1) is 14.1. The first-order valence-corrected chi connectivity index (χ1v) is 7.16. The summed E-state index contributed by atoms with van der Waals surface area (Å²) in [5, 5.41) is 8.78. The summed E-state index contributed by atoms with van der Waals surface area (Å²) in [6.45, 7) is 2.97. The average molecular weight is 261 g/mol. The number of hydrogen-bond donors (Lipinski definition) is 1. The molecule has 1 N–H and O–H groups in total. The van der Waals surface area contributed by atoms with Gasteiger partial charge in [0.1, 0.15) is 0 Å². The van der Waals surface area contributed by atoms with Gasteiger partial charge in [0.25, 0.3) is 0 Å². The Hall–Kier alpha value is -1.35. The second-order valence-corrected chi connectivity index (χ2v) is 5.42. The number of hydrogen-bond acceptors (Lipinski definition) is 2. The third kappa shape index (κ3) is 4.35. The van der Waals surface area contributed by atoms with E-state index >= 15 is 0 Å². The van der Waals surface area contributed by atoms with E-state index in [1.54, 1.807) is 0 Å². The number of amides is 1. The van der Waals surface area contributed by atoms with Gasteiger partial charge in [-0.05, 0) is 38.2 Å². The topological polar surface area (TPSA) is 40.5 Å². The number of aliphatic hydroxyl groups is 1. The molecular formula is C16H23NO2. The van der Waals surface area contributed by atoms with E-state index in [0.29, 0.717) is 12.5 Å².